The third kappa shape index (κ3) is 17.2. The number of aromatic carboxylic acids is 2. The van der Waals surface area contributed by atoms with Gasteiger partial charge in [0.05, 0.1) is 23.3 Å². The summed E-state index contributed by atoms with van der Waals surface area (Å²) < 4.78 is 5.27. The van der Waals surface area contributed by atoms with Crippen LogP contribution in [0.1, 0.15) is 174 Å². The number of hydrogen-bond donors (Lipinski definition) is 2. The summed E-state index contributed by atoms with van der Waals surface area (Å²) in [6, 6.07) is 3.83. The first-order valence-corrected chi connectivity index (χ1v) is 16.4. The number of unbranched alkanes of at least 4 members (excludes halogenated alkanes) is 10. The zero-order chi connectivity index (χ0) is 30.5. The largest absolute Gasteiger partial charge is 0.478 e. The number of carboxylic acids is 2. The predicted molar refractivity (Wildman–Crippen MR) is 167 cm³/mol. The summed E-state index contributed by atoms with van der Waals surface area (Å²) in [5.41, 5.74) is -1.16. The lowest BCUT2D eigenvalue weighted by Crippen LogP contribution is -2.16. The molecule has 0 aromatic heterocycles. The van der Waals surface area contributed by atoms with Gasteiger partial charge in [0.25, 0.3) is 0 Å². The second-order valence-corrected chi connectivity index (χ2v) is 12.7. The molecular weight excluding hydrogens is 516 g/mol. The molecule has 0 fully saturated rings. The van der Waals surface area contributed by atoms with Crippen molar-refractivity contribution in [2.45, 2.75) is 143 Å². The van der Waals surface area contributed by atoms with Gasteiger partial charge in [-0.25, -0.2) is 14.4 Å². The highest BCUT2D eigenvalue weighted by Crippen LogP contribution is 2.25. The van der Waals surface area contributed by atoms with Gasteiger partial charge in [-0.3, -0.25) is 0 Å². The van der Waals surface area contributed by atoms with Crippen LogP contribution < -0.4 is 0 Å². The van der Waals surface area contributed by atoms with Crippen molar-refractivity contribution >= 4 is 17.9 Å². The van der Waals surface area contributed by atoms with Crippen LogP contribution >= 0.6 is 0 Å². The molecule has 0 unspecified atom stereocenters. The number of esters is 1. The second kappa shape index (κ2) is 22.3. The Balaban J connectivity index is 2.33. The molecule has 1 rings (SSSR count). The van der Waals surface area contributed by atoms with Crippen molar-refractivity contribution in [2.75, 3.05) is 6.61 Å². The summed E-state index contributed by atoms with van der Waals surface area (Å²) in [5.74, 6) is -1.16. The predicted octanol–water partition coefficient (Wildman–Crippen LogP) is 10.2. The molecule has 0 bridgehead atoms. The smallest absolute Gasteiger partial charge is 0.339 e. The number of rotatable bonds is 25. The van der Waals surface area contributed by atoms with Gasteiger partial charge in [0.1, 0.15) is 0 Å². The molecule has 6 nitrogen and oxygen atoms in total. The maximum atomic E-state index is 12.4. The molecular formula is C35H58O6. The Morgan fingerprint density at radius 2 is 1.00 bits per heavy atom. The van der Waals surface area contributed by atoms with E-state index >= 15 is 0 Å². The summed E-state index contributed by atoms with van der Waals surface area (Å²) in [4.78, 5) is 35.3. The van der Waals surface area contributed by atoms with Crippen molar-refractivity contribution in [3.63, 3.8) is 0 Å². The maximum absolute atomic E-state index is 12.4. The Labute approximate surface area is 249 Å². The van der Waals surface area contributed by atoms with Gasteiger partial charge in [0.2, 0.25) is 0 Å². The Morgan fingerprint density at radius 1 is 0.585 bits per heavy atom. The molecule has 0 radical (unpaired) electrons. The molecule has 0 aliphatic carbocycles. The zero-order valence-corrected chi connectivity index (χ0v) is 26.4. The van der Waals surface area contributed by atoms with E-state index < -0.39 is 29.0 Å². The van der Waals surface area contributed by atoms with Crippen LogP contribution in [0.3, 0.4) is 0 Å². The number of ether oxygens (including phenoxy) is 1. The van der Waals surface area contributed by atoms with Gasteiger partial charge in [-0.2, -0.15) is 0 Å². The first kappa shape index (κ1) is 36.7. The van der Waals surface area contributed by atoms with Crippen molar-refractivity contribution in [1.82, 2.24) is 0 Å². The monoisotopic (exact) mass is 574 g/mol. The summed E-state index contributed by atoms with van der Waals surface area (Å²) in [6.45, 7) is 9.44. The average Bonchev–Trinajstić information content (AvgIpc) is 2.92. The summed E-state index contributed by atoms with van der Waals surface area (Å²) in [6.07, 6.45) is 22.8. The third-order valence-electron chi connectivity index (χ3n) is 8.01. The van der Waals surface area contributed by atoms with Gasteiger partial charge in [0.15, 0.2) is 0 Å². The minimum absolute atomic E-state index is 0.200. The third-order valence-corrected chi connectivity index (χ3v) is 8.01. The molecule has 1 aromatic rings. The van der Waals surface area contributed by atoms with Gasteiger partial charge in [-0.15, -0.1) is 0 Å². The molecule has 0 atom stereocenters. The standard InChI is InChI=1S/C35H58O6/c1-27(2)19-12-7-9-15-22-29(23-16-10-8-13-20-28(3)4)21-14-6-5-11-17-26-41-35(40)31-25-18-24-30(33(36)37)32(31)34(38)39/h18,24-25,27-29H,5-17,19-23,26H2,1-4H3,(H,36,37)(H,38,39). The Morgan fingerprint density at radius 3 is 1.44 bits per heavy atom. The number of hydrogen-bond acceptors (Lipinski definition) is 4. The van der Waals surface area contributed by atoms with E-state index in [0.717, 1.165) is 30.6 Å². The van der Waals surface area contributed by atoms with Crippen molar-refractivity contribution in [1.29, 1.82) is 0 Å². The van der Waals surface area contributed by atoms with Gasteiger partial charge >= 0.3 is 17.9 Å². The van der Waals surface area contributed by atoms with Crippen LogP contribution in [0.15, 0.2) is 18.2 Å². The first-order valence-electron chi connectivity index (χ1n) is 16.4. The number of carbonyl (C=O) groups excluding carboxylic acids is 1. The minimum Gasteiger partial charge on any atom is -0.478 e. The Bertz CT molecular complexity index is 855. The van der Waals surface area contributed by atoms with Crippen LogP contribution in [0.25, 0.3) is 0 Å². The van der Waals surface area contributed by atoms with E-state index in [-0.39, 0.29) is 12.2 Å². The summed E-state index contributed by atoms with van der Waals surface area (Å²) >= 11 is 0. The average molecular weight is 575 g/mol. The fraction of sp³-hybridized carbons (Fsp3) is 0.743. The van der Waals surface area contributed by atoms with Crippen molar-refractivity contribution < 1.29 is 29.3 Å². The van der Waals surface area contributed by atoms with Gasteiger partial charge in [-0.05, 0) is 36.3 Å². The number of benzene rings is 1. The van der Waals surface area contributed by atoms with Gasteiger partial charge < -0.3 is 14.9 Å². The zero-order valence-electron chi connectivity index (χ0n) is 26.4. The lowest BCUT2D eigenvalue weighted by atomic mass is 9.89. The molecule has 0 aliphatic rings. The molecule has 0 spiro atoms. The first-order chi connectivity index (χ1) is 19.6. The van der Waals surface area contributed by atoms with Crippen molar-refractivity contribution in [3.8, 4) is 0 Å². The van der Waals surface area contributed by atoms with Crippen LogP contribution in [-0.2, 0) is 4.74 Å². The van der Waals surface area contributed by atoms with E-state index in [1.165, 1.54) is 115 Å². The molecule has 6 heteroatoms. The lowest BCUT2D eigenvalue weighted by molar-refractivity contribution is 0.0487. The second-order valence-electron chi connectivity index (χ2n) is 12.7. The fourth-order valence-corrected chi connectivity index (χ4v) is 5.55. The quantitative estimate of drug-likeness (QED) is 0.0890. The minimum atomic E-state index is -1.45. The topological polar surface area (TPSA) is 101 Å². The molecule has 2 N–H and O–H groups in total. The Kier molecular flexibility index (Phi) is 19.9. The van der Waals surface area contributed by atoms with Gasteiger partial charge in [0, 0.05) is 0 Å². The van der Waals surface area contributed by atoms with E-state index in [4.69, 9.17) is 4.74 Å². The van der Waals surface area contributed by atoms with Crippen LogP contribution in [-0.4, -0.2) is 34.7 Å². The molecule has 41 heavy (non-hydrogen) atoms. The Hall–Kier alpha value is -2.37. The van der Waals surface area contributed by atoms with E-state index in [2.05, 4.69) is 27.7 Å². The summed E-state index contributed by atoms with van der Waals surface area (Å²) in [5, 5.41) is 18.6. The highest BCUT2D eigenvalue weighted by Gasteiger charge is 2.24. The lowest BCUT2D eigenvalue weighted by Gasteiger charge is -2.17. The molecule has 0 saturated heterocycles. The van der Waals surface area contributed by atoms with E-state index in [1.54, 1.807) is 0 Å². The van der Waals surface area contributed by atoms with Crippen molar-refractivity contribution in [2.24, 2.45) is 17.8 Å². The van der Waals surface area contributed by atoms with Gasteiger partial charge in [-0.1, -0.05) is 143 Å². The molecule has 1 aromatic carbocycles. The molecule has 0 amide bonds. The molecule has 0 aliphatic heterocycles. The van der Waals surface area contributed by atoms with Crippen LogP contribution in [0.2, 0.25) is 0 Å². The highest BCUT2D eigenvalue weighted by atomic mass is 16.5. The number of carboxylic acid groups (broad SMARTS) is 2. The number of carbonyl (C=O) groups is 3. The maximum Gasteiger partial charge on any atom is 0.339 e. The molecule has 0 saturated carbocycles. The van der Waals surface area contributed by atoms with Crippen LogP contribution in [0, 0.1) is 17.8 Å². The van der Waals surface area contributed by atoms with E-state index in [0.29, 0.717) is 6.42 Å². The fourth-order valence-electron chi connectivity index (χ4n) is 5.55. The highest BCUT2D eigenvalue weighted by molar-refractivity contribution is 6.09. The van der Waals surface area contributed by atoms with E-state index in [1.807, 2.05) is 0 Å². The summed E-state index contributed by atoms with van der Waals surface area (Å²) in [7, 11) is 0. The molecule has 234 valence electrons. The van der Waals surface area contributed by atoms with Crippen LogP contribution in [0.5, 0.6) is 0 Å². The SMILES string of the molecule is CC(C)CCCCCCC(CCCCCCCOC(=O)c1cccc(C(=O)O)c1C(=O)O)CCCCCCC(C)C. The molecule has 0 heterocycles. The van der Waals surface area contributed by atoms with E-state index in [9.17, 15) is 24.6 Å². The normalized spacial score (nSPS) is 11.5. The van der Waals surface area contributed by atoms with Crippen LogP contribution in [0.4, 0.5) is 0 Å². The van der Waals surface area contributed by atoms with Crippen molar-refractivity contribution in [3.05, 3.63) is 34.9 Å².